The van der Waals surface area contributed by atoms with E-state index in [9.17, 15) is 33.1 Å². The molecular formula is C57H96O12S. The van der Waals surface area contributed by atoms with E-state index >= 15 is 0 Å². The molecule has 0 aliphatic carbocycles. The molecule has 0 aromatic carbocycles. The molecule has 0 radical (unpaired) electrons. The van der Waals surface area contributed by atoms with Crippen LogP contribution in [0, 0.1) is 0 Å². The Labute approximate surface area is 425 Å². The third kappa shape index (κ3) is 39.6. The maximum atomic E-state index is 12.9. The largest absolute Gasteiger partial charge is 0.457 e. The second-order valence-corrected chi connectivity index (χ2v) is 19.1. The molecule has 70 heavy (non-hydrogen) atoms. The standard InChI is InChI=1S/C57H96O12S/c1-3-5-7-9-11-13-15-17-19-21-23-25-26-27-28-30-32-34-36-38-40-42-44-46-53(59)67-51(50-66-57-55(61)56(69-70(62,63)64)54(60)52(48-58)68-57)49-65-47-45-43-41-39-37-35-33-31-29-24-22-20-18-16-14-12-10-8-6-4-2/h6,8,12,14-15,17-18,20-21,23-24,26-27,29,33,35,51-52,54-58,60-61H,3-5,7,9-11,13,16,19,22,25,28,30-32,34,36-50H2,1-2H3,(H,62,63,64)/b8-6-,14-12-,17-15-,20-18-,23-21-,27-26-,29-24-,35-33-. The first-order valence-electron chi connectivity index (χ1n) is 27.0. The number of unbranched alkanes of at least 4 members (excludes halogenated alkanes) is 17. The van der Waals surface area contributed by atoms with E-state index in [1.54, 1.807) is 0 Å². The summed E-state index contributed by atoms with van der Waals surface area (Å²) < 4.78 is 59.3. The van der Waals surface area contributed by atoms with E-state index in [1.807, 2.05) is 0 Å². The Balaban J connectivity index is 2.38. The van der Waals surface area contributed by atoms with Gasteiger partial charge in [0.25, 0.3) is 0 Å². The van der Waals surface area contributed by atoms with Gasteiger partial charge in [0.05, 0.1) is 19.8 Å². The van der Waals surface area contributed by atoms with Crippen molar-refractivity contribution in [2.24, 2.45) is 0 Å². The Morgan fingerprint density at radius 2 is 0.986 bits per heavy atom. The summed E-state index contributed by atoms with van der Waals surface area (Å²) in [6, 6.07) is 0. The lowest BCUT2D eigenvalue weighted by atomic mass is 9.99. The lowest BCUT2D eigenvalue weighted by Gasteiger charge is -2.41. The van der Waals surface area contributed by atoms with Crippen LogP contribution in [0.25, 0.3) is 0 Å². The highest BCUT2D eigenvalue weighted by atomic mass is 32.3. The summed E-state index contributed by atoms with van der Waals surface area (Å²) >= 11 is 0. The van der Waals surface area contributed by atoms with Crippen LogP contribution >= 0.6 is 0 Å². The minimum atomic E-state index is -5.08. The molecular weight excluding hydrogens is 909 g/mol. The molecule has 1 saturated heterocycles. The molecule has 1 aliphatic rings. The van der Waals surface area contributed by atoms with E-state index in [-0.39, 0.29) is 19.6 Å². The number of hydrogen-bond donors (Lipinski definition) is 4. The van der Waals surface area contributed by atoms with Gasteiger partial charge in [-0.1, -0.05) is 188 Å². The van der Waals surface area contributed by atoms with Gasteiger partial charge in [-0.2, -0.15) is 8.42 Å². The maximum absolute atomic E-state index is 12.9. The molecule has 13 heteroatoms. The van der Waals surface area contributed by atoms with Crippen LogP contribution in [0.2, 0.25) is 0 Å². The van der Waals surface area contributed by atoms with Gasteiger partial charge in [-0.05, 0) is 96.3 Å². The average Bonchev–Trinajstić information content (AvgIpc) is 3.34. The number of hydrogen-bond acceptors (Lipinski definition) is 11. The molecule has 1 heterocycles. The van der Waals surface area contributed by atoms with E-state index < -0.39 is 59.8 Å². The lowest BCUT2D eigenvalue weighted by molar-refractivity contribution is -0.301. The van der Waals surface area contributed by atoms with Crippen molar-refractivity contribution in [3.05, 3.63) is 97.2 Å². The minimum Gasteiger partial charge on any atom is -0.457 e. The van der Waals surface area contributed by atoms with Crippen molar-refractivity contribution in [3.63, 3.8) is 0 Å². The average molecular weight is 1010 g/mol. The quantitative estimate of drug-likeness (QED) is 0.0197. The Hall–Kier alpha value is -2.98. The van der Waals surface area contributed by atoms with Crippen molar-refractivity contribution in [1.29, 1.82) is 0 Å². The van der Waals surface area contributed by atoms with Crippen molar-refractivity contribution in [1.82, 2.24) is 0 Å². The van der Waals surface area contributed by atoms with Crippen LogP contribution < -0.4 is 0 Å². The number of carbonyl (C=O) groups is 1. The molecule has 0 amide bonds. The third-order valence-corrected chi connectivity index (χ3v) is 12.2. The van der Waals surface area contributed by atoms with Crippen molar-refractivity contribution >= 4 is 16.4 Å². The Morgan fingerprint density at radius 3 is 1.44 bits per heavy atom. The monoisotopic (exact) mass is 1000 g/mol. The second-order valence-electron chi connectivity index (χ2n) is 18.1. The second kappa shape index (κ2) is 47.1. The van der Waals surface area contributed by atoms with Crippen LogP contribution in [0.1, 0.15) is 194 Å². The van der Waals surface area contributed by atoms with Gasteiger partial charge in [0.15, 0.2) is 6.29 Å². The topological polar surface area (TPSA) is 178 Å². The molecule has 6 unspecified atom stereocenters. The molecule has 402 valence electrons. The van der Waals surface area contributed by atoms with Gasteiger partial charge in [-0.25, -0.2) is 4.18 Å². The number of esters is 1. The van der Waals surface area contributed by atoms with Gasteiger partial charge in [-0.15, -0.1) is 0 Å². The SMILES string of the molecule is CC/C=C\C/C=C\C/C=C\C/C=C\C/C=C\CCCCCCOCC(COC1OC(CO)C(O)C(OS(=O)(=O)O)C1O)OC(=O)CCCCCCCCCC/C=C\C/C=C\C/C=C\CCCCCCC. The Bertz CT molecular complexity index is 1580. The summed E-state index contributed by atoms with van der Waals surface area (Å²) in [5.74, 6) is -0.419. The van der Waals surface area contributed by atoms with Crippen LogP contribution in [0.3, 0.4) is 0 Å². The van der Waals surface area contributed by atoms with Crippen molar-refractivity contribution in [2.75, 3.05) is 26.4 Å². The third-order valence-electron chi connectivity index (χ3n) is 11.7. The first-order valence-corrected chi connectivity index (χ1v) is 28.4. The molecule has 1 aliphatic heterocycles. The predicted octanol–water partition coefficient (Wildman–Crippen LogP) is 13.0. The van der Waals surface area contributed by atoms with Crippen LogP contribution in [0.5, 0.6) is 0 Å². The van der Waals surface area contributed by atoms with E-state index in [1.165, 1.54) is 64.2 Å². The summed E-state index contributed by atoms with van der Waals surface area (Å²) in [4.78, 5) is 12.9. The molecule has 4 N–H and O–H groups in total. The lowest BCUT2D eigenvalue weighted by Crippen LogP contribution is -2.60. The number of aliphatic hydroxyl groups excluding tert-OH is 3. The van der Waals surface area contributed by atoms with E-state index in [2.05, 4.69) is 115 Å². The van der Waals surface area contributed by atoms with Crippen LogP contribution in [0.4, 0.5) is 0 Å². The molecule has 0 saturated carbocycles. The van der Waals surface area contributed by atoms with E-state index in [4.69, 9.17) is 18.9 Å². The Kier molecular flexibility index (Phi) is 43.7. The number of ether oxygens (including phenoxy) is 4. The Morgan fingerprint density at radius 1 is 0.557 bits per heavy atom. The highest BCUT2D eigenvalue weighted by Gasteiger charge is 2.48. The molecule has 1 fully saturated rings. The summed E-state index contributed by atoms with van der Waals surface area (Å²) in [5.41, 5.74) is 0. The molecule has 0 spiro atoms. The minimum absolute atomic E-state index is 0.00957. The highest BCUT2D eigenvalue weighted by molar-refractivity contribution is 7.80. The van der Waals surface area contributed by atoms with Gasteiger partial charge < -0.3 is 34.3 Å². The van der Waals surface area contributed by atoms with Gasteiger partial charge in [0.2, 0.25) is 0 Å². The van der Waals surface area contributed by atoms with Crippen molar-refractivity contribution in [3.8, 4) is 0 Å². The normalized spacial score (nSPS) is 19.9. The molecule has 1 rings (SSSR count). The number of allylic oxidation sites excluding steroid dienone is 16. The maximum Gasteiger partial charge on any atom is 0.397 e. The van der Waals surface area contributed by atoms with Gasteiger partial charge in [0, 0.05) is 13.0 Å². The van der Waals surface area contributed by atoms with Crippen LogP contribution in [-0.2, 0) is 38.3 Å². The fourth-order valence-electron chi connectivity index (χ4n) is 7.65. The fourth-order valence-corrected chi connectivity index (χ4v) is 8.16. The number of rotatable bonds is 46. The molecule has 0 bridgehead atoms. The first-order chi connectivity index (χ1) is 34.1. The zero-order chi connectivity index (χ0) is 51.0. The molecule has 0 aromatic rings. The van der Waals surface area contributed by atoms with Crippen molar-refractivity contribution in [2.45, 2.75) is 230 Å². The highest BCUT2D eigenvalue weighted by Crippen LogP contribution is 2.26. The van der Waals surface area contributed by atoms with Crippen molar-refractivity contribution < 1.29 is 56.2 Å². The summed E-state index contributed by atoms with van der Waals surface area (Å²) in [6.45, 7) is 3.79. The van der Waals surface area contributed by atoms with E-state index in [0.29, 0.717) is 13.0 Å². The van der Waals surface area contributed by atoms with Crippen LogP contribution in [-0.4, -0.2) is 97.5 Å². The smallest absolute Gasteiger partial charge is 0.397 e. The molecule has 0 aromatic heterocycles. The molecule has 12 nitrogen and oxygen atoms in total. The zero-order valence-corrected chi connectivity index (χ0v) is 44.1. The number of aliphatic hydroxyl groups is 3. The van der Waals surface area contributed by atoms with Gasteiger partial charge >= 0.3 is 16.4 Å². The summed E-state index contributed by atoms with van der Waals surface area (Å²) in [5, 5.41) is 30.8. The van der Waals surface area contributed by atoms with Gasteiger partial charge in [-0.3, -0.25) is 9.35 Å². The number of carbonyl (C=O) groups excluding carboxylic acids is 1. The van der Waals surface area contributed by atoms with Gasteiger partial charge in [0.1, 0.15) is 30.5 Å². The fraction of sp³-hybridized carbons (Fsp3) is 0.702. The zero-order valence-electron chi connectivity index (χ0n) is 43.3. The molecule has 6 atom stereocenters. The van der Waals surface area contributed by atoms with E-state index in [0.717, 1.165) is 103 Å². The van der Waals surface area contributed by atoms with Crippen LogP contribution in [0.15, 0.2) is 97.2 Å². The summed E-state index contributed by atoms with van der Waals surface area (Å²) in [6.07, 6.45) is 55.8. The first kappa shape index (κ1) is 65.0. The predicted molar refractivity (Wildman–Crippen MR) is 285 cm³/mol. The summed E-state index contributed by atoms with van der Waals surface area (Å²) in [7, 11) is -5.08.